The van der Waals surface area contributed by atoms with Crippen LogP contribution in [0.2, 0.25) is 0 Å². The molecule has 2 atom stereocenters. The minimum absolute atomic E-state index is 0.0459. The maximum atomic E-state index is 11.9. The quantitative estimate of drug-likeness (QED) is 0.681. The van der Waals surface area contributed by atoms with E-state index in [9.17, 15) is 9.59 Å². The molecule has 1 aliphatic carbocycles. The van der Waals surface area contributed by atoms with Crippen molar-refractivity contribution in [1.29, 1.82) is 0 Å². The van der Waals surface area contributed by atoms with Crippen molar-refractivity contribution in [2.24, 2.45) is 10.8 Å². The fourth-order valence-electron chi connectivity index (χ4n) is 3.76. The average molecular weight is 361 g/mol. The largest absolute Gasteiger partial charge is 0.450 e. The third-order valence-corrected chi connectivity index (χ3v) is 4.80. The van der Waals surface area contributed by atoms with Crippen LogP contribution in [-0.2, 0) is 9.47 Å². The van der Waals surface area contributed by atoms with Crippen molar-refractivity contribution >= 4 is 23.9 Å². The predicted molar refractivity (Wildman–Crippen MR) is 97.4 cm³/mol. The summed E-state index contributed by atoms with van der Waals surface area (Å²) in [7, 11) is 0. The molecular formula is C17H32N2O4S. The lowest BCUT2D eigenvalue weighted by molar-refractivity contribution is 0.0634. The number of alkyl carbamates (subject to hydrolysis) is 2. The number of hydrogen-bond acceptors (Lipinski definition) is 5. The summed E-state index contributed by atoms with van der Waals surface area (Å²) in [5.74, 6) is 0.796. The first-order chi connectivity index (χ1) is 11.2. The minimum atomic E-state index is -0.386. The first-order valence-corrected chi connectivity index (χ1v) is 9.92. The second-order valence-electron chi connectivity index (χ2n) is 7.60. The van der Waals surface area contributed by atoms with Gasteiger partial charge in [0, 0.05) is 18.3 Å². The van der Waals surface area contributed by atoms with Gasteiger partial charge in [0.1, 0.15) is 6.61 Å². The van der Waals surface area contributed by atoms with Crippen molar-refractivity contribution < 1.29 is 19.1 Å². The Morgan fingerprint density at radius 3 is 2.50 bits per heavy atom. The van der Waals surface area contributed by atoms with Crippen LogP contribution in [0.3, 0.4) is 0 Å². The van der Waals surface area contributed by atoms with Gasteiger partial charge in [-0.2, -0.15) is 11.8 Å². The predicted octanol–water partition coefficient (Wildman–Crippen LogP) is 3.41. The van der Waals surface area contributed by atoms with Gasteiger partial charge in [0.2, 0.25) is 0 Å². The Morgan fingerprint density at radius 2 is 1.88 bits per heavy atom. The molecule has 0 bridgehead atoms. The molecule has 2 amide bonds. The van der Waals surface area contributed by atoms with E-state index in [1.807, 2.05) is 6.26 Å². The summed E-state index contributed by atoms with van der Waals surface area (Å²) in [6.45, 7) is 9.65. The molecule has 0 heterocycles. The highest BCUT2D eigenvalue weighted by atomic mass is 32.2. The highest BCUT2D eigenvalue weighted by Gasteiger charge is 2.42. The second-order valence-corrected chi connectivity index (χ2v) is 8.59. The molecule has 7 heteroatoms. The third kappa shape index (κ3) is 7.64. The smallest absolute Gasteiger partial charge is 0.407 e. The summed E-state index contributed by atoms with van der Waals surface area (Å²) < 4.78 is 10.1. The number of ether oxygens (including phenoxy) is 2. The van der Waals surface area contributed by atoms with Crippen LogP contribution < -0.4 is 10.6 Å². The normalized spacial score (nSPS) is 25.6. The highest BCUT2D eigenvalue weighted by Crippen LogP contribution is 2.45. The van der Waals surface area contributed by atoms with E-state index in [2.05, 4.69) is 31.4 Å². The zero-order valence-corrected chi connectivity index (χ0v) is 16.4. The van der Waals surface area contributed by atoms with Gasteiger partial charge in [-0.15, -0.1) is 0 Å². The van der Waals surface area contributed by atoms with Crippen molar-refractivity contribution in [2.75, 3.05) is 31.8 Å². The molecule has 0 aliphatic heterocycles. The van der Waals surface area contributed by atoms with E-state index in [-0.39, 0.29) is 29.1 Å². The number of hydrogen-bond donors (Lipinski definition) is 2. The molecule has 0 aromatic heterocycles. The third-order valence-electron chi connectivity index (χ3n) is 4.22. The standard InChI is InChI=1S/C17H32N2O4S/c1-6-22-14(20)18-12-17(4)10-13(9-16(2,3)11-17)19-15(21)23-7-8-24-5/h13H,6-12H2,1-5H3,(H,18,20)(H,19,21). The van der Waals surface area contributed by atoms with Crippen LogP contribution in [0.4, 0.5) is 9.59 Å². The molecule has 2 N–H and O–H groups in total. The van der Waals surface area contributed by atoms with Gasteiger partial charge < -0.3 is 20.1 Å². The fraction of sp³-hybridized carbons (Fsp3) is 0.882. The number of carbonyl (C=O) groups is 2. The minimum Gasteiger partial charge on any atom is -0.450 e. The monoisotopic (exact) mass is 360 g/mol. The van der Waals surface area contributed by atoms with Crippen LogP contribution in [0.5, 0.6) is 0 Å². The zero-order chi connectivity index (χ0) is 18.2. The van der Waals surface area contributed by atoms with E-state index in [1.54, 1.807) is 18.7 Å². The number of nitrogens with one attached hydrogen (secondary N) is 2. The molecular weight excluding hydrogens is 328 g/mol. The molecule has 1 aliphatic rings. The van der Waals surface area contributed by atoms with Crippen LogP contribution in [0.25, 0.3) is 0 Å². The van der Waals surface area contributed by atoms with Crippen molar-refractivity contribution in [3.63, 3.8) is 0 Å². The second kappa shape index (κ2) is 9.39. The molecule has 1 saturated carbocycles. The van der Waals surface area contributed by atoms with Crippen molar-refractivity contribution in [3.8, 4) is 0 Å². The summed E-state index contributed by atoms with van der Waals surface area (Å²) in [5, 5.41) is 5.83. The van der Waals surface area contributed by atoms with Gasteiger partial charge in [-0.1, -0.05) is 20.8 Å². The van der Waals surface area contributed by atoms with Gasteiger partial charge in [0.25, 0.3) is 0 Å². The highest BCUT2D eigenvalue weighted by molar-refractivity contribution is 7.98. The maximum absolute atomic E-state index is 11.9. The lowest BCUT2D eigenvalue weighted by atomic mass is 9.62. The molecule has 0 radical (unpaired) electrons. The summed E-state index contributed by atoms with van der Waals surface area (Å²) in [4.78, 5) is 23.5. The topological polar surface area (TPSA) is 76.7 Å². The van der Waals surface area contributed by atoms with Gasteiger partial charge in [-0.25, -0.2) is 9.59 Å². The Labute approximate surface area is 149 Å². The van der Waals surface area contributed by atoms with Crippen LogP contribution in [0, 0.1) is 10.8 Å². The lowest BCUT2D eigenvalue weighted by Crippen LogP contribution is -2.50. The van der Waals surface area contributed by atoms with Gasteiger partial charge in [-0.05, 0) is 43.3 Å². The number of thioether (sulfide) groups is 1. The number of carbonyl (C=O) groups excluding carboxylic acids is 2. The van der Waals surface area contributed by atoms with Crippen molar-refractivity contribution in [1.82, 2.24) is 10.6 Å². The maximum Gasteiger partial charge on any atom is 0.407 e. The summed E-state index contributed by atoms with van der Waals surface area (Å²) in [6.07, 6.45) is 3.93. The molecule has 140 valence electrons. The van der Waals surface area contributed by atoms with E-state index in [0.717, 1.165) is 25.0 Å². The summed E-state index contributed by atoms with van der Waals surface area (Å²) >= 11 is 1.65. The van der Waals surface area contributed by atoms with Gasteiger partial charge in [0.05, 0.1) is 6.61 Å². The Balaban J connectivity index is 2.58. The SMILES string of the molecule is CCOC(=O)NCC1(C)CC(NC(=O)OCCSC)CC(C)(C)C1. The molecule has 0 aromatic rings. The molecule has 1 fully saturated rings. The van der Waals surface area contributed by atoms with Gasteiger partial charge >= 0.3 is 12.2 Å². The van der Waals surface area contributed by atoms with Crippen LogP contribution in [-0.4, -0.2) is 50.0 Å². The molecule has 0 spiro atoms. The summed E-state index contributed by atoms with van der Waals surface area (Å²) in [5.41, 5.74) is -0.00765. The average Bonchev–Trinajstić information content (AvgIpc) is 2.44. The number of amides is 2. The van der Waals surface area contributed by atoms with Crippen molar-refractivity contribution in [3.05, 3.63) is 0 Å². The van der Waals surface area contributed by atoms with E-state index in [1.165, 1.54) is 0 Å². The molecule has 0 aromatic carbocycles. The van der Waals surface area contributed by atoms with Gasteiger partial charge in [0.15, 0.2) is 0 Å². The molecule has 6 nitrogen and oxygen atoms in total. The fourth-order valence-corrected chi connectivity index (χ4v) is 4.01. The first-order valence-electron chi connectivity index (χ1n) is 8.52. The van der Waals surface area contributed by atoms with E-state index in [0.29, 0.717) is 19.8 Å². The molecule has 2 unspecified atom stereocenters. The molecule has 0 saturated heterocycles. The Kier molecular flexibility index (Phi) is 8.19. The Hall–Kier alpha value is -1.11. The van der Waals surface area contributed by atoms with E-state index < -0.39 is 0 Å². The first kappa shape index (κ1) is 20.9. The summed E-state index contributed by atoms with van der Waals surface area (Å²) in [6, 6.07) is 0.0459. The van der Waals surface area contributed by atoms with Crippen molar-refractivity contribution in [2.45, 2.75) is 53.0 Å². The lowest BCUT2D eigenvalue weighted by Gasteiger charge is -2.46. The molecule has 1 rings (SSSR count). The van der Waals surface area contributed by atoms with Crippen LogP contribution in [0.1, 0.15) is 47.0 Å². The number of rotatable bonds is 7. The van der Waals surface area contributed by atoms with E-state index >= 15 is 0 Å². The zero-order valence-electron chi connectivity index (χ0n) is 15.6. The molecule has 24 heavy (non-hydrogen) atoms. The van der Waals surface area contributed by atoms with Gasteiger partial charge in [-0.3, -0.25) is 0 Å². The Morgan fingerprint density at radius 1 is 1.17 bits per heavy atom. The Bertz CT molecular complexity index is 431. The van der Waals surface area contributed by atoms with Crippen LogP contribution >= 0.6 is 11.8 Å². The van der Waals surface area contributed by atoms with E-state index in [4.69, 9.17) is 9.47 Å². The van der Waals surface area contributed by atoms with Crippen LogP contribution in [0.15, 0.2) is 0 Å².